The van der Waals surface area contributed by atoms with Gasteiger partial charge in [0.15, 0.2) is 11.6 Å². The summed E-state index contributed by atoms with van der Waals surface area (Å²) in [6.45, 7) is 3.37. The molecule has 0 unspecified atom stereocenters. The number of ether oxygens (including phenoxy) is 1. The van der Waals surface area contributed by atoms with Gasteiger partial charge in [0, 0.05) is 59.4 Å². The number of carbonyl (C=O) groups excluding carboxylic acids is 2. The Kier molecular flexibility index (Phi) is 7.09. The fourth-order valence-electron chi connectivity index (χ4n) is 6.58. The normalized spacial score (nSPS) is 16.3. The molecule has 2 aromatic heterocycles. The molecule has 230 valence electrons. The van der Waals surface area contributed by atoms with E-state index in [0.717, 1.165) is 50.4 Å². The van der Waals surface area contributed by atoms with Crippen molar-refractivity contribution < 1.29 is 18.7 Å². The molecule has 8 rings (SSSR count). The number of nitrogens with one attached hydrogen (secondary N) is 1. The Morgan fingerprint density at radius 1 is 0.957 bits per heavy atom. The van der Waals surface area contributed by atoms with E-state index in [2.05, 4.69) is 20.1 Å². The molecule has 0 aliphatic carbocycles. The van der Waals surface area contributed by atoms with E-state index in [0.29, 0.717) is 57.1 Å². The van der Waals surface area contributed by atoms with Crippen LogP contribution in [-0.2, 0) is 24.1 Å². The number of fused-ring (bicyclic) bond motifs is 3. The molecular formula is C35H30FN7O3. The first kappa shape index (κ1) is 28.2. The van der Waals surface area contributed by atoms with E-state index in [-0.39, 0.29) is 24.4 Å². The zero-order valence-corrected chi connectivity index (χ0v) is 25.0. The molecular weight excluding hydrogens is 585 g/mol. The van der Waals surface area contributed by atoms with E-state index in [1.807, 2.05) is 36.4 Å². The van der Waals surface area contributed by atoms with Crippen LogP contribution >= 0.6 is 0 Å². The summed E-state index contributed by atoms with van der Waals surface area (Å²) in [6.07, 6.45) is 2.70. The second-order valence-electron chi connectivity index (χ2n) is 11.7. The highest BCUT2D eigenvalue weighted by Crippen LogP contribution is 2.33. The fraction of sp³-hybridized carbons (Fsp3) is 0.257. The first-order valence-electron chi connectivity index (χ1n) is 15.4. The Morgan fingerprint density at radius 2 is 1.78 bits per heavy atom. The average molecular weight is 616 g/mol. The maximum Gasteiger partial charge on any atom is 0.257 e. The molecule has 3 aromatic carbocycles. The van der Waals surface area contributed by atoms with E-state index in [1.54, 1.807) is 29.3 Å². The number of hydrogen-bond donors (Lipinski definition) is 1. The molecule has 46 heavy (non-hydrogen) atoms. The molecule has 0 atom stereocenters. The molecule has 5 heterocycles. The van der Waals surface area contributed by atoms with Crippen molar-refractivity contribution in [2.75, 3.05) is 44.3 Å². The van der Waals surface area contributed by atoms with Crippen molar-refractivity contribution in [3.63, 3.8) is 0 Å². The van der Waals surface area contributed by atoms with Crippen LogP contribution in [0.3, 0.4) is 0 Å². The van der Waals surface area contributed by atoms with Gasteiger partial charge in [-0.25, -0.2) is 14.4 Å². The van der Waals surface area contributed by atoms with Crippen molar-refractivity contribution in [3.8, 4) is 11.4 Å². The highest BCUT2D eigenvalue weighted by Gasteiger charge is 2.30. The lowest BCUT2D eigenvalue weighted by atomic mass is 9.92. The number of aliphatic imine (C=N–C) groups is 1. The lowest BCUT2D eigenvalue weighted by Crippen LogP contribution is -2.41. The van der Waals surface area contributed by atoms with Gasteiger partial charge in [-0.2, -0.15) is 5.10 Å². The van der Waals surface area contributed by atoms with E-state index in [1.165, 1.54) is 6.07 Å². The maximum absolute atomic E-state index is 15.3. The standard InChI is InChI=1S/C35H30FN7O3/c36-28-9-8-21(17-30-22-4-1-2-5-23(22)32(44)19-37-30)16-26(28)35(45)43-11-10-25-31(20-43)39-33(40-34(25)42-12-14-46-15-13-42)24-6-3-7-29-27(24)18-38-41-29/h1-9,16,18H,10-15,17,19-20H2,(H,38,41). The van der Waals surface area contributed by atoms with Gasteiger partial charge in [0.1, 0.15) is 18.2 Å². The molecule has 1 saturated heterocycles. The Hall–Kier alpha value is -5.29. The van der Waals surface area contributed by atoms with Crippen LogP contribution in [0.5, 0.6) is 0 Å². The molecule has 0 saturated carbocycles. The zero-order chi connectivity index (χ0) is 31.2. The maximum atomic E-state index is 15.3. The minimum Gasteiger partial charge on any atom is -0.378 e. The van der Waals surface area contributed by atoms with Gasteiger partial charge in [-0.05, 0) is 30.2 Å². The molecule has 3 aliphatic heterocycles. The molecule has 3 aliphatic rings. The Labute approximate surface area is 263 Å². The summed E-state index contributed by atoms with van der Waals surface area (Å²) in [5, 5.41) is 8.12. The molecule has 1 fully saturated rings. The minimum absolute atomic E-state index is 0.00701. The number of anilines is 1. The third-order valence-corrected chi connectivity index (χ3v) is 8.95. The zero-order valence-electron chi connectivity index (χ0n) is 25.0. The van der Waals surface area contributed by atoms with E-state index in [9.17, 15) is 9.59 Å². The minimum atomic E-state index is -0.579. The molecule has 0 spiro atoms. The predicted molar refractivity (Wildman–Crippen MR) is 171 cm³/mol. The van der Waals surface area contributed by atoms with Crippen LogP contribution in [0.2, 0.25) is 0 Å². The van der Waals surface area contributed by atoms with Crippen LogP contribution in [-0.4, -0.2) is 81.9 Å². The number of aromatic nitrogens is 4. The highest BCUT2D eigenvalue weighted by atomic mass is 19.1. The van der Waals surface area contributed by atoms with Gasteiger partial charge in [0.05, 0.1) is 42.7 Å². The van der Waals surface area contributed by atoms with Gasteiger partial charge in [-0.1, -0.05) is 42.5 Å². The van der Waals surface area contributed by atoms with Crippen molar-refractivity contribution in [1.82, 2.24) is 25.1 Å². The first-order chi connectivity index (χ1) is 22.5. The average Bonchev–Trinajstić information content (AvgIpc) is 3.59. The van der Waals surface area contributed by atoms with Crippen molar-refractivity contribution >= 4 is 34.1 Å². The summed E-state index contributed by atoms with van der Waals surface area (Å²) < 4.78 is 20.9. The number of halogens is 1. The third-order valence-electron chi connectivity index (χ3n) is 8.95. The summed E-state index contributed by atoms with van der Waals surface area (Å²) >= 11 is 0. The van der Waals surface area contributed by atoms with Crippen molar-refractivity contribution in [1.29, 1.82) is 0 Å². The fourth-order valence-corrected chi connectivity index (χ4v) is 6.58. The second-order valence-corrected chi connectivity index (χ2v) is 11.7. The van der Waals surface area contributed by atoms with Gasteiger partial charge in [0.2, 0.25) is 0 Å². The Balaban J connectivity index is 1.11. The number of aromatic amines is 1. The van der Waals surface area contributed by atoms with Crippen LogP contribution in [0.4, 0.5) is 10.2 Å². The van der Waals surface area contributed by atoms with Crippen LogP contribution < -0.4 is 4.90 Å². The number of Topliss-reactive ketones (excluding diaryl/α,β-unsaturated/α-hetero) is 1. The number of hydrogen-bond acceptors (Lipinski definition) is 8. The Morgan fingerprint density at radius 3 is 2.65 bits per heavy atom. The predicted octanol–water partition coefficient (Wildman–Crippen LogP) is 4.42. The van der Waals surface area contributed by atoms with Gasteiger partial charge >= 0.3 is 0 Å². The Bertz CT molecular complexity index is 2050. The van der Waals surface area contributed by atoms with Gasteiger partial charge in [-0.3, -0.25) is 19.7 Å². The van der Waals surface area contributed by atoms with Crippen LogP contribution in [0.25, 0.3) is 22.3 Å². The summed E-state index contributed by atoms with van der Waals surface area (Å²) in [4.78, 5) is 44.7. The molecule has 0 radical (unpaired) electrons. The van der Waals surface area contributed by atoms with Crippen molar-refractivity contribution in [2.45, 2.75) is 19.4 Å². The second kappa shape index (κ2) is 11.6. The largest absolute Gasteiger partial charge is 0.378 e. The van der Waals surface area contributed by atoms with Crippen molar-refractivity contribution in [3.05, 3.63) is 106 Å². The SMILES string of the molecule is O=C1CN=C(Cc2ccc(F)c(C(=O)N3CCc4c(nc(-c5cccc6[nH]ncc56)nc4N4CCOCC4)C3)c2)c2ccccc21. The topological polar surface area (TPSA) is 117 Å². The quantitative estimate of drug-likeness (QED) is 0.311. The number of nitrogens with zero attached hydrogens (tertiary/aromatic N) is 6. The number of benzene rings is 3. The number of rotatable bonds is 5. The monoisotopic (exact) mass is 615 g/mol. The van der Waals surface area contributed by atoms with Crippen molar-refractivity contribution in [2.24, 2.45) is 4.99 Å². The number of H-pyrrole nitrogens is 1. The van der Waals surface area contributed by atoms with Gasteiger partial charge < -0.3 is 14.5 Å². The summed E-state index contributed by atoms with van der Waals surface area (Å²) in [7, 11) is 0. The number of amides is 1. The van der Waals surface area contributed by atoms with E-state index < -0.39 is 11.7 Å². The molecule has 5 aromatic rings. The first-order valence-corrected chi connectivity index (χ1v) is 15.4. The lowest BCUT2D eigenvalue weighted by molar-refractivity contribution is 0.0726. The van der Waals surface area contributed by atoms with E-state index in [4.69, 9.17) is 14.7 Å². The molecule has 1 amide bonds. The smallest absolute Gasteiger partial charge is 0.257 e. The van der Waals surface area contributed by atoms with E-state index >= 15 is 4.39 Å². The van der Waals surface area contributed by atoms with Gasteiger partial charge in [0.25, 0.3) is 5.91 Å². The lowest BCUT2D eigenvalue weighted by Gasteiger charge is -2.34. The van der Waals surface area contributed by atoms with Gasteiger partial charge in [-0.15, -0.1) is 0 Å². The summed E-state index contributed by atoms with van der Waals surface area (Å²) in [5.74, 6) is 0.420. The summed E-state index contributed by atoms with van der Waals surface area (Å²) in [6, 6.07) is 17.9. The molecule has 11 heteroatoms. The van der Waals surface area contributed by atoms with Crippen LogP contribution in [0.15, 0.2) is 71.9 Å². The highest BCUT2D eigenvalue weighted by molar-refractivity contribution is 6.15. The van der Waals surface area contributed by atoms with Crippen LogP contribution in [0.1, 0.15) is 43.1 Å². The molecule has 1 N–H and O–H groups in total. The van der Waals surface area contributed by atoms with Crippen LogP contribution in [0, 0.1) is 5.82 Å². The molecule has 10 nitrogen and oxygen atoms in total. The third kappa shape index (κ3) is 5.02. The number of morpholine rings is 1. The number of ketones is 1. The molecule has 0 bridgehead atoms. The summed E-state index contributed by atoms with van der Waals surface area (Å²) in [5.41, 5.74) is 6.41. The number of carbonyl (C=O) groups is 2.